The number of rotatable bonds is 5. The highest BCUT2D eigenvalue weighted by atomic mass is 19.1. The quantitative estimate of drug-likeness (QED) is 0.692. The standard InChI is InChI=1S/C20H29FN4O3/c1-10(8-22)23-17(27)14-13-12(20(13,6)7)9-25(14)18(28)15(19(3,4)5)24-16(26)11(2)21/h10,12-15H,2,9H2,1,3-7H3,(H,23,27)(H,24,26)/t10-,12-,13-,14-,15+/m0/s1. The highest BCUT2D eigenvalue weighted by Gasteiger charge is 2.69. The third kappa shape index (κ3) is 3.89. The number of fused-ring (bicyclic) bond motifs is 1. The minimum Gasteiger partial charge on any atom is -0.339 e. The smallest absolute Gasteiger partial charge is 0.280 e. The molecule has 5 atom stereocenters. The SMILES string of the molecule is C=C(F)C(=O)N[C@H](C(=O)N1C[C@H]2[C@@H]([C@H]1C(=O)N[C@@H](C)C#N)C2(C)C)C(C)(C)C. The molecule has 0 spiro atoms. The van der Waals surface area contributed by atoms with Gasteiger partial charge in [0.05, 0.1) is 6.07 Å². The number of nitriles is 1. The number of hydrogen-bond donors (Lipinski definition) is 2. The molecule has 2 fully saturated rings. The van der Waals surface area contributed by atoms with E-state index >= 15 is 0 Å². The molecule has 0 aromatic heterocycles. The zero-order chi connectivity index (χ0) is 21.6. The Morgan fingerprint density at radius 2 is 1.86 bits per heavy atom. The minimum absolute atomic E-state index is 0.0187. The van der Waals surface area contributed by atoms with E-state index in [0.717, 1.165) is 0 Å². The van der Waals surface area contributed by atoms with Crippen LogP contribution in [0, 0.1) is 34.0 Å². The van der Waals surface area contributed by atoms with E-state index in [-0.39, 0.29) is 23.2 Å². The van der Waals surface area contributed by atoms with Gasteiger partial charge >= 0.3 is 0 Å². The molecular formula is C20H29FN4O3. The summed E-state index contributed by atoms with van der Waals surface area (Å²) in [5.41, 5.74) is -0.784. The van der Waals surface area contributed by atoms with Crippen LogP contribution in [0.4, 0.5) is 4.39 Å². The van der Waals surface area contributed by atoms with Gasteiger partial charge in [0.2, 0.25) is 11.8 Å². The molecule has 2 rings (SSSR count). The van der Waals surface area contributed by atoms with Gasteiger partial charge < -0.3 is 15.5 Å². The third-order valence-electron chi connectivity index (χ3n) is 5.95. The second-order valence-corrected chi connectivity index (χ2v) is 9.43. The van der Waals surface area contributed by atoms with Crippen LogP contribution in [0.2, 0.25) is 0 Å². The monoisotopic (exact) mass is 392 g/mol. The van der Waals surface area contributed by atoms with E-state index in [9.17, 15) is 18.8 Å². The van der Waals surface area contributed by atoms with Crippen molar-refractivity contribution in [1.82, 2.24) is 15.5 Å². The molecule has 2 aliphatic rings. The second-order valence-electron chi connectivity index (χ2n) is 9.43. The van der Waals surface area contributed by atoms with Gasteiger partial charge in [-0.05, 0) is 29.6 Å². The molecule has 0 aromatic carbocycles. The number of hydrogen-bond acceptors (Lipinski definition) is 4. The Balaban J connectivity index is 2.30. The van der Waals surface area contributed by atoms with Crippen LogP contribution in [0.25, 0.3) is 0 Å². The Morgan fingerprint density at radius 3 is 2.32 bits per heavy atom. The molecular weight excluding hydrogens is 363 g/mol. The number of piperidine rings is 1. The average molecular weight is 392 g/mol. The predicted octanol–water partition coefficient (Wildman–Crippen LogP) is 1.51. The van der Waals surface area contributed by atoms with Crippen LogP contribution in [0.3, 0.4) is 0 Å². The molecule has 1 aliphatic heterocycles. The van der Waals surface area contributed by atoms with E-state index < -0.39 is 41.2 Å². The Morgan fingerprint density at radius 1 is 1.29 bits per heavy atom. The summed E-state index contributed by atoms with van der Waals surface area (Å²) in [6.45, 7) is 14.3. The lowest BCUT2D eigenvalue weighted by Gasteiger charge is -2.37. The summed E-state index contributed by atoms with van der Waals surface area (Å²) in [5, 5.41) is 14.0. The minimum atomic E-state index is -1.18. The predicted molar refractivity (Wildman–Crippen MR) is 101 cm³/mol. The highest BCUT2D eigenvalue weighted by Crippen LogP contribution is 2.65. The van der Waals surface area contributed by atoms with Crippen LogP contribution in [-0.4, -0.2) is 47.3 Å². The summed E-state index contributed by atoms with van der Waals surface area (Å²) < 4.78 is 13.2. The van der Waals surface area contributed by atoms with Crippen molar-refractivity contribution in [1.29, 1.82) is 5.26 Å². The van der Waals surface area contributed by atoms with Gasteiger partial charge in [-0.25, -0.2) is 4.39 Å². The average Bonchev–Trinajstić information content (AvgIpc) is 2.95. The van der Waals surface area contributed by atoms with E-state index in [1.54, 1.807) is 27.7 Å². The Bertz CT molecular complexity index is 750. The van der Waals surface area contributed by atoms with Crippen LogP contribution >= 0.6 is 0 Å². The molecule has 8 heteroatoms. The number of nitrogens with zero attached hydrogens (tertiary/aromatic N) is 2. The molecule has 1 saturated heterocycles. The maximum Gasteiger partial charge on any atom is 0.280 e. The van der Waals surface area contributed by atoms with Gasteiger partial charge in [0.25, 0.3) is 5.91 Å². The fourth-order valence-corrected chi connectivity index (χ4v) is 4.17. The summed E-state index contributed by atoms with van der Waals surface area (Å²) in [6, 6.07) is -0.468. The third-order valence-corrected chi connectivity index (χ3v) is 5.95. The lowest BCUT2D eigenvalue weighted by atomic mass is 9.85. The van der Waals surface area contributed by atoms with Crippen LogP contribution in [0.5, 0.6) is 0 Å². The van der Waals surface area contributed by atoms with Crippen molar-refractivity contribution in [3.05, 3.63) is 12.4 Å². The van der Waals surface area contributed by atoms with Crippen molar-refractivity contribution >= 4 is 17.7 Å². The number of amides is 3. The van der Waals surface area contributed by atoms with Crippen LogP contribution < -0.4 is 10.6 Å². The van der Waals surface area contributed by atoms with Crippen molar-refractivity contribution in [3.63, 3.8) is 0 Å². The van der Waals surface area contributed by atoms with Crippen molar-refractivity contribution in [2.75, 3.05) is 6.54 Å². The molecule has 0 unspecified atom stereocenters. The van der Waals surface area contributed by atoms with Crippen molar-refractivity contribution in [3.8, 4) is 6.07 Å². The van der Waals surface area contributed by atoms with Gasteiger partial charge in [-0.2, -0.15) is 5.26 Å². The van der Waals surface area contributed by atoms with E-state index in [4.69, 9.17) is 5.26 Å². The maximum atomic E-state index is 13.3. The Labute approximate surface area is 165 Å². The van der Waals surface area contributed by atoms with Crippen molar-refractivity contribution in [2.24, 2.45) is 22.7 Å². The van der Waals surface area contributed by atoms with Gasteiger partial charge in [-0.1, -0.05) is 41.2 Å². The Kier molecular flexibility index (Phi) is 5.61. The summed E-state index contributed by atoms with van der Waals surface area (Å²) in [5.74, 6) is -2.89. The van der Waals surface area contributed by atoms with Crippen LogP contribution in [0.15, 0.2) is 12.4 Å². The molecule has 154 valence electrons. The highest BCUT2D eigenvalue weighted by molar-refractivity contribution is 5.97. The molecule has 28 heavy (non-hydrogen) atoms. The van der Waals surface area contributed by atoms with E-state index in [1.807, 2.05) is 19.9 Å². The fourth-order valence-electron chi connectivity index (χ4n) is 4.17. The van der Waals surface area contributed by atoms with Crippen LogP contribution in [-0.2, 0) is 14.4 Å². The van der Waals surface area contributed by atoms with Gasteiger partial charge in [-0.3, -0.25) is 14.4 Å². The molecule has 1 heterocycles. The molecule has 1 aliphatic carbocycles. The topological polar surface area (TPSA) is 102 Å². The molecule has 2 N–H and O–H groups in total. The number of likely N-dealkylation sites (tertiary alicyclic amines) is 1. The lowest BCUT2D eigenvalue weighted by Crippen LogP contribution is -2.59. The molecule has 7 nitrogen and oxygen atoms in total. The van der Waals surface area contributed by atoms with Crippen molar-refractivity contribution in [2.45, 2.75) is 59.7 Å². The number of carbonyl (C=O) groups is 3. The zero-order valence-corrected chi connectivity index (χ0v) is 17.3. The first-order valence-corrected chi connectivity index (χ1v) is 9.39. The summed E-state index contributed by atoms with van der Waals surface area (Å²) in [6.07, 6.45) is 0. The molecule has 1 saturated carbocycles. The van der Waals surface area contributed by atoms with E-state index in [0.29, 0.717) is 6.54 Å². The van der Waals surface area contributed by atoms with Gasteiger partial charge in [-0.15, -0.1) is 0 Å². The molecule has 3 amide bonds. The summed E-state index contributed by atoms with van der Waals surface area (Å²) in [7, 11) is 0. The lowest BCUT2D eigenvalue weighted by molar-refractivity contribution is -0.145. The summed E-state index contributed by atoms with van der Waals surface area (Å²) >= 11 is 0. The second kappa shape index (κ2) is 7.19. The van der Waals surface area contributed by atoms with Crippen molar-refractivity contribution < 1.29 is 18.8 Å². The maximum absolute atomic E-state index is 13.3. The van der Waals surface area contributed by atoms with E-state index in [1.165, 1.54) is 4.90 Å². The first-order valence-electron chi connectivity index (χ1n) is 9.39. The summed E-state index contributed by atoms with van der Waals surface area (Å²) in [4.78, 5) is 39.4. The molecule has 0 bridgehead atoms. The largest absolute Gasteiger partial charge is 0.339 e. The first-order chi connectivity index (χ1) is 12.7. The van der Waals surface area contributed by atoms with Gasteiger partial charge in [0, 0.05) is 6.54 Å². The fraction of sp³-hybridized carbons (Fsp3) is 0.700. The van der Waals surface area contributed by atoms with Gasteiger partial charge in [0.1, 0.15) is 18.1 Å². The molecule has 0 aromatic rings. The van der Waals surface area contributed by atoms with Crippen LogP contribution in [0.1, 0.15) is 41.5 Å². The number of halogens is 1. The van der Waals surface area contributed by atoms with Gasteiger partial charge in [0.15, 0.2) is 5.83 Å². The molecule has 0 radical (unpaired) electrons. The Hall–Kier alpha value is -2.43. The normalized spacial score (nSPS) is 27.1. The first kappa shape index (κ1) is 21.9. The number of nitrogens with one attached hydrogen (secondary N) is 2. The number of carbonyl (C=O) groups excluding carboxylic acids is 3. The zero-order valence-electron chi connectivity index (χ0n) is 17.3. The van der Waals surface area contributed by atoms with E-state index in [2.05, 4.69) is 17.2 Å².